The lowest BCUT2D eigenvalue weighted by Crippen LogP contribution is -2.36. The van der Waals surface area contributed by atoms with E-state index < -0.39 is 0 Å². The molecule has 0 radical (unpaired) electrons. The Hall–Kier alpha value is -2.84. The predicted octanol–water partition coefficient (Wildman–Crippen LogP) is 4.53. The van der Waals surface area contributed by atoms with Gasteiger partial charge in [-0.25, -0.2) is 4.98 Å². The van der Waals surface area contributed by atoms with Crippen molar-refractivity contribution in [3.8, 4) is 17.3 Å². The molecule has 35 heavy (non-hydrogen) atoms. The number of hydrogen-bond acceptors (Lipinski definition) is 6. The molecule has 2 aromatic heterocycles. The van der Waals surface area contributed by atoms with Crippen LogP contribution in [0.1, 0.15) is 33.1 Å². The average molecular weight is 498 g/mol. The van der Waals surface area contributed by atoms with Crippen molar-refractivity contribution < 1.29 is 14.3 Å². The molecule has 5 rings (SSSR count). The van der Waals surface area contributed by atoms with Gasteiger partial charge >= 0.3 is 0 Å². The number of halogens is 1. The highest BCUT2D eigenvalue weighted by atomic mass is 35.5. The summed E-state index contributed by atoms with van der Waals surface area (Å²) in [6.45, 7) is 8.68. The van der Waals surface area contributed by atoms with Gasteiger partial charge < -0.3 is 24.3 Å². The molecule has 9 heteroatoms. The fraction of sp³-hybridized carbons (Fsp3) is 0.500. The minimum absolute atomic E-state index is 0.00296. The number of likely N-dealkylation sites (tertiary alicyclic amines) is 1. The minimum Gasteiger partial charge on any atom is -0.461 e. The quantitative estimate of drug-likeness (QED) is 0.557. The first-order valence-corrected chi connectivity index (χ1v) is 12.8. The van der Waals surface area contributed by atoms with E-state index in [1.807, 2.05) is 36.9 Å². The number of ether oxygens (including phenoxy) is 2. The van der Waals surface area contributed by atoms with Gasteiger partial charge in [0.1, 0.15) is 6.10 Å². The number of H-pyrrole nitrogens is 1. The maximum absolute atomic E-state index is 12.4. The summed E-state index contributed by atoms with van der Waals surface area (Å²) in [5.74, 6) is 0.224. The van der Waals surface area contributed by atoms with Crippen LogP contribution < -0.4 is 9.64 Å². The second kappa shape index (κ2) is 10.4. The van der Waals surface area contributed by atoms with Gasteiger partial charge in [-0.15, -0.1) is 0 Å². The molecular formula is C26H32ClN5O3. The maximum Gasteiger partial charge on any atom is 0.296 e. The van der Waals surface area contributed by atoms with E-state index in [-0.39, 0.29) is 17.9 Å². The van der Waals surface area contributed by atoms with Crippen molar-refractivity contribution in [3.63, 3.8) is 0 Å². The van der Waals surface area contributed by atoms with E-state index in [1.54, 1.807) is 0 Å². The summed E-state index contributed by atoms with van der Waals surface area (Å²) in [4.78, 5) is 29.1. The lowest BCUT2D eigenvalue weighted by atomic mass is 10.1. The van der Waals surface area contributed by atoms with E-state index in [0.29, 0.717) is 28.9 Å². The zero-order valence-corrected chi connectivity index (χ0v) is 21.1. The number of carbonyl (C=O) groups excluding carboxylic acids is 1. The smallest absolute Gasteiger partial charge is 0.296 e. The monoisotopic (exact) mass is 497 g/mol. The summed E-state index contributed by atoms with van der Waals surface area (Å²) >= 11 is 6.60. The largest absolute Gasteiger partial charge is 0.461 e. The van der Waals surface area contributed by atoms with Crippen molar-refractivity contribution in [2.45, 2.75) is 39.2 Å². The molecule has 2 aliphatic rings. The molecule has 4 heterocycles. The van der Waals surface area contributed by atoms with Gasteiger partial charge in [-0.1, -0.05) is 37.6 Å². The molecule has 3 aromatic rings. The summed E-state index contributed by atoms with van der Waals surface area (Å²) in [6, 6.07) is 10.6. The zero-order chi connectivity index (χ0) is 24.4. The highest BCUT2D eigenvalue weighted by Gasteiger charge is 2.24. The van der Waals surface area contributed by atoms with Crippen LogP contribution in [-0.4, -0.2) is 71.3 Å². The number of fused-ring (bicyclic) bond motifs is 1. The Morgan fingerprint density at radius 2 is 1.89 bits per heavy atom. The molecule has 1 N–H and O–H groups in total. The number of carbonyl (C=O) groups is 1. The molecule has 8 nitrogen and oxygen atoms in total. The lowest BCUT2D eigenvalue weighted by Gasteiger charge is -2.28. The van der Waals surface area contributed by atoms with Crippen LogP contribution in [0.2, 0.25) is 5.02 Å². The molecule has 0 spiro atoms. The Morgan fingerprint density at radius 3 is 2.63 bits per heavy atom. The summed E-state index contributed by atoms with van der Waals surface area (Å²) in [5, 5.41) is 0.559. The van der Waals surface area contributed by atoms with Crippen LogP contribution in [0.4, 0.5) is 5.69 Å². The zero-order valence-electron chi connectivity index (χ0n) is 20.3. The van der Waals surface area contributed by atoms with E-state index in [1.165, 1.54) is 5.69 Å². The van der Waals surface area contributed by atoms with Crippen LogP contribution in [0.15, 0.2) is 30.3 Å². The molecule has 0 saturated carbocycles. The number of nitrogens with one attached hydrogen (secondary N) is 1. The Kier molecular flexibility index (Phi) is 7.11. The van der Waals surface area contributed by atoms with E-state index in [2.05, 4.69) is 27.0 Å². The van der Waals surface area contributed by atoms with Gasteiger partial charge in [0.15, 0.2) is 5.65 Å². The van der Waals surface area contributed by atoms with E-state index in [0.717, 1.165) is 63.2 Å². The van der Waals surface area contributed by atoms with Gasteiger partial charge in [-0.3, -0.25) is 4.79 Å². The number of anilines is 1. The molecule has 1 atom stereocenters. The highest BCUT2D eigenvalue weighted by molar-refractivity contribution is 6.33. The molecule has 0 bridgehead atoms. The van der Waals surface area contributed by atoms with Crippen molar-refractivity contribution in [3.05, 3.63) is 35.4 Å². The van der Waals surface area contributed by atoms with Crippen LogP contribution in [0.25, 0.3) is 22.4 Å². The van der Waals surface area contributed by atoms with Crippen molar-refractivity contribution in [1.82, 2.24) is 19.9 Å². The SMILES string of the molecule is CC(C)C(=O)N1CCCC(Oc2nc3nc(-c4ccc(N5CCOCC5)cc4)c(Cl)cc3[nH]2)CC1. The average Bonchev–Trinajstić information content (AvgIpc) is 3.10. The van der Waals surface area contributed by atoms with E-state index in [4.69, 9.17) is 26.1 Å². The number of aromatic nitrogens is 3. The van der Waals surface area contributed by atoms with Gasteiger partial charge in [0.25, 0.3) is 6.01 Å². The van der Waals surface area contributed by atoms with Crippen molar-refractivity contribution in [1.29, 1.82) is 0 Å². The highest BCUT2D eigenvalue weighted by Crippen LogP contribution is 2.31. The molecule has 1 unspecified atom stereocenters. The number of pyridine rings is 1. The van der Waals surface area contributed by atoms with Gasteiger partial charge in [-0.2, -0.15) is 4.98 Å². The number of nitrogens with zero attached hydrogens (tertiary/aromatic N) is 4. The van der Waals surface area contributed by atoms with Crippen LogP contribution >= 0.6 is 11.6 Å². The van der Waals surface area contributed by atoms with Crippen LogP contribution in [-0.2, 0) is 9.53 Å². The molecule has 2 fully saturated rings. The van der Waals surface area contributed by atoms with Gasteiger partial charge in [-0.05, 0) is 31.0 Å². The number of morpholine rings is 1. The summed E-state index contributed by atoms with van der Waals surface area (Å²) in [5.41, 5.74) is 4.12. The maximum atomic E-state index is 12.4. The van der Waals surface area contributed by atoms with Crippen molar-refractivity contribution in [2.24, 2.45) is 5.92 Å². The molecule has 186 valence electrons. The van der Waals surface area contributed by atoms with Crippen LogP contribution in [0.5, 0.6) is 6.01 Å². The van der Waals surface area contributed by atoms with Gasteiger partial charge in [0.2, 0.25) is 5.91 Å². The normalized spacial score (nSPS) is 19.3. The third-order valence-electron chi connectivity index (χ3n) is 6.68. The molecule has 0 aliphatic carbocycles. The standard InChI is InChI=1S/C26H32ClN5O3/c1-17(2)25(33)32-10-3-4-20(9-11-32)35-26-28-22-16-21(27)23(29-24(22)30-26)18-5-7-19(8-6-18)31-12-14-34-15-13-31/h5-8,16-17,20H,3-4,9-15H2,1-2H3,(H,28,29,30). The number of rotatable bonds is 5. The topological polar surface area (TPSA) is 83.6 Å². The Morgan fingerprint density at radius 1 is 1.11 bits per heavy atom. The second-order valence-electron chi connectivity index (χ2n) is 9.53. The first-order chi connectivity index (χ1) is 17.0. The van der Waals surface area contributed by atoms with E-state index in [9.17, 15) is 4.79 Å². The Labute approximate surface area is 210 Å². The predicted molar refractivity (Wildman–Crippen MR) is 137 cm³/mol. The molecule has 1 aromatic carbocycles. The third kappa shape index (κ3) is 5.38. The van der Waals surface area contributed by atoms with Gasteiger partial charge in [0, 0.05) is 49.8 Å². The number of amides is 1. The molecule has 2 aliphatic heterocycles. The Balaban J connectivity index is 1.29. The number of hydrogen-bond donors (Lipinski definition) is 1. The first kappa shape index (κ1) is 23.9. The third-order valence-corrected chi connectivity index (χ3v) is 6.97. The fourth-order valence-electron chi connectivity index (χ4n) is 4.73. The summed E-state index contributed by atoms with van der Waals surface area (Å²) in [6.07, 6.45) is 2.58. The number of imidazole rings is 1. The Bertz CT molecular complexity index is 1170. The van der Waals surface area contributed by atoms with Crippen molar-refractivity contribution in [2.75, 3.05) is 44.3 Å². The summed E-state index contributed by atoms with van der Waals surface area (Å²) in [7, 11) is 0. The van der Waals surface area contributed by atoms with E-state index >= 15 is 0 Å². The lowest BCUT2D eigenvalue weighted by molar-refractivity contribution is -0.134. The summed E-state index contributed by atoms with van der Waals surface area (Å²) < 4.78 is 11.6. The van der Waals surface area contributed by atoms with Crippen molar-refractivity contribution >= 4 is 34.4 Å². The molecular weight excluding hydrogens is 466 g/mol. The molecule has 2 saturated heterocycles. The van der Waals surface area contributed by atoms with Crippen LogP contribution in [0.3, 0.4) is 0 Å². The first-order valence-electron chi connectivity index (χ1n) is 12.4. The number of benzene rings is 1. The minimum atomic E-state index is 0.00296. The second-order valence-corrected chi connectivity index (χ2v) is 9.94. The van der Waals surface area contributed by atoms with Crippen LogP contribution in [0, 0.1) is 5.92 Å². The van der Waals surface area contributed by atoms with Gasteiger partial charge in [0.05, 0.1) is 29.4 Å². The number of aromatic amines is 1. The fourth-order valence-corrected chi connectivity index (χ4v) is 4.99. The molecule has 1 amide bonds.